The molecule has 0 N–H and O–H groups in total. The van der Waals surface area contributed by atoms with Gasteiger partial charge >= 0.3 is 12.3 Å². The number of fused-ring (bicyclic) bond motifs is 1. The third kappa shape index (κ3) is 7.85. The van der Waals surface area contributed by atoms with Crippen molar-refractivity contribution in [2.45, 2.75) is 100 Å². The Morgan fingerprint density at radius 1 is 1.19 bits per heavy atom. The fourth-order valence-electron chi connectivity index (χ4n) is 5.46. The number of hydrogen-bond acceptors (Lipinski definition) is 10. The summed E-state index contributed by atoms with van der Waals surface area (Å²) in [4.78, 5) is 18.5. The quantitative estimate of drug-likeness (QED) is 0.133. The van der Waals surface area contributed by atoms with E-state index in [1.807, 2.05) is 0 Å². The van der Waals surface area contributed by atoms with Crippen LogP contribution < -0.4 is 0 Å². The highest BCUT2D eigenvalue weighted by molar-refractivity contribution is 7.89. The van der Waals surface area contributed by atoms with Crippen LogP contribution in [0.3, 0.4) is 0 Å². The molecule has 1 saturated heterocycles. The summed E-state index contributed by atoms with van der Waals surface area (Å²) in [7, 11) is -5.85. The highest BCUT2D eigenvalue weighted by atomic mass is 32.2. The van der Waals surface area contributed by atoms with Crippen LogP contribution in [0.2, 0.25) is 25.7 Å². The first-order chi connectivity index (χ1) is 22.2. The van der Waals surface area contributed by atoms with Gasteiger partial charge in [0, 0.05) is 34.0 Å². The molecular formula is C30H40F3N7O5S2Si. The number of hydrogen-bond donors (Lipinski definition) is 0. The van der Waals surface area contributed by atoms with E-state index in [4.69, 9.17) is 9.47 Å². The van der Waals surface area contributed by atoms with Crippen molar-refractivity contribution < 1.29 is 35.9 Å². The summed E-state index contributed by atoms with van der Waals surface area (Å²) in [5, 5.41) is 15.8. The van der Waals surface area contributed by atoms with Crippen LogP contribution in [-0.4, -0.2) is 88.9 Å². The van der Waals surface area contributed by atoms with Crippen LogP contribution in [0.25, 0.3) is 16.3 Å². The molecule has 262 valence electrons. The van der Waals surface area contributed by atoms with E-state index in [0.29, 0.717) is 67.8 Å². The number of piperidine rings is 1. The third-order valence-electron chi connectivity index (χ3n) is 8.29. The van der Waals surface area contributed by atoms with Gasteiger partial charge in [0.1, 0.15) is 17.9 Å². The summed E-state index contributed by atoms with van der Waals surface area (Å²) in [5.74, 6) is -0.222. The number of amides is 1. The maximum atomic E-state index is 14.5. The molecule has 4 heterocycles. The highest BCUT2D eigenvalue weighted by Crippen LogP contribution is 2.45. The van der Waals surface area contributed by atoms with Crippen molar-refractivity contribution in [1.82, 2.24) is 28.8 Å². The van der Waals surface area contributed by atoms with Gasteiger partial charge in [-0.1, -0.05) is 31.0 Å². The van der Waals surface area contributed by atoms with Gasteiger partial charge in [0.15, 0.2) is 10.8 Å². The van der Waals surface area contributed by atoms with Gasteiger partial charge in [-0.05, 0) is 70.0 Å². The lowest BCUT2D eigenvalue weighted by atomic mass is 9.89. The molecule has 0 aromatic carbocycles. The van der Waals surface area contributed by atoms with Gasteiger partial charge in [-0.15, -0.1) is 10.2 Å². The summed E-state index contributed by atoms with van der Waals surface area (Å²) in [6, 6.07) is 4.52. The minimum atomic E-state index is -4.71. The Bertz CT molecular complexity index is 1810. The molecule has 3 aromatic heterocycles. The summed E-state index contributed by atoms with van der Waals surface area (Å²) >= 11 is 0.306. The van der Waals surface area contributed by atoms with Crippen molar-refractivity contribution in [3.8, 4) is 16.9 Å². The normalized spacial score (nSPS) is 17.6. The first kappa shape index (κ1) is 36.2. The number of aromatic nitrogens is 4. The molecule has 0 spiro atoms. The lowest BCUT2D eigenvalue weighted by Crippen LogP contribution is -2.43. The molecule has 48 heavy (non-hydrogen) atoms. The minimum Gasteiger partial charge on any atom is -0.444 e. The predicted octanol–water partition coefficient (Wildman–Crippen LogP) is 6.35. The first-order valence-electron chi connectivity index (χ1n) is 15.7. The number of carbonyl (C=O) groups is 1. The van der Waals surface area contributed by atoms with Gasteiger partial charge in [-0.2, -0.15) is 22.7 Å². The van der Waals surface area contributed by atoms with Gasteiger partial charge in [-0.25, -0.2) is 18.2 Å². The molecule has 1 saturated carbocycles. The number of nitriles is 1. The van der Waals surface area contributed by atoms with E-state index in [-0.39, 0.29) is 28.4 Å². The average molecular weight is 728 g/mol. The van der Waals surface area contributed by atoms with E-state index >= 15 is 0 Å². The smallest absolute Gasteiger partial charge is 0.444 e. The molecule has 0 radical (unpaired) electrons. The number of likely N-dealkylation sites (tertiary alicyclic amines) is 1. The molecule has 12 nitrogen and oxygen atoms in total. The Labute approximate surface area is 282 Å². The molecular weight excluding hydrogens is 688 g/mol. The summed E-state index contributed by atoms with van der Waals surface area (Å²) < 4.78 is 83.1. The largest absolute Gasteiger partial charge is 0.445 e. The number of nitrogens with zero attached hydrogens (tertiary/aromatic N) is 7. The number of pyridine rings is 1. The Morgan fingerprint density at radius 3 is 2.40 bits per heavy atom. The second-order valence-corrected chi connectivity index (χ2v) is 22.9. The monoisotopic (exact) mass is 727 g/mol. The molecule has 0 unspecified atom stereocenters. The number of sulfonamides is 1. The Balaban J connectivity index is 1.55. The molecule has 2 fully saturated rings. The number of rotatable bonds is 10. The van der Waals surface area contributed by atoms with Crippen molar-refractivity contribution in [3.63, 3.8) is 0 Å². The van der Waals surface area contributed by atoms with Crippen molar-refractivity contribution in [3.05, 3.63) is 29.0 Å². The van der Waals surface area contributed by atoms with Gasteiger partial charge in [-0.3, -0.25) is 4.40 Å². The molecule has 1 aliphatic carbocycles. The van der Waals surface area contributed by atoms with Gasteiger partial charge in [0.2, 0.25) is 15.0 Å². The van der Waals surface area contributed by atoms with Crippen LogP contribution in [0.15, 0.2) is 23.4 Å². The van der Waals surface area contributed by atoms with Gasteiger partial charge in [0.25, 0.3) is 0 Å². The molecule has 5 rings (SSSR count). The van der Waals surface area contributed by atoms with Crippen LogP contribution in [0.1, 0.15) is 62.9 Å². The summed E-state index contributed by atoms with van der Waals surface area (Å²) in [5.41, 5.74) is -0.840. The number of ether oxygens (including phenoxy) is 2. The van der Waals surface area contributed by atoms with Crippen LogP contribution >= 0.6 is 11.3 Å². The lowest BCUT2D eigenvalue weighted by molar-refractivity contribution is -0.138. The third-order valence-corrected chi connectivity index (χ3v) is 12.8. The fraction of sp³-hybridized carbons (Fsp3) is 0.633. The SMILES string of the molecule is CC(C)(C)OC(=O)N1CCC(c2cc(S(=O)(=O)N(COCC[Si](C)(C)C)C3(C#N)CC3)cn3c(-c4nnc(C(F)(F)F)s4)ncc23)CC1. The fourth-order valence-corrected chi connectivity index (χ4v) is 8.59. The topological polar surface area (TPSA) is 143 Å². The van der Waals surface area contributed by atoms with Crippen molar-refractivity contribution >= 4 is 41.0 Å². The van der Waals surface area contributed by atoms with E-state index in [0.717, 1.165) is 10.3 Å². The first-order valence-corrected chi connectivity index (χ1v) is 21.6. The van der Waals surface area contributed by atoms with E-state index in [1.165, 1.54) is 16.8 Å². The van der Waals surface area contributed by atoms with Crippen LogP contribution in [0.5, 0.6) is 0 Å². The molecule has 3 aromatic rings. The predicted molar refractivity (Wildman–Crippen MR) is 174 cm³/mol. The molecule has 1 amide bonds. The maximum Gasteiger partial charge on any atom is 0.445 e. The summed E-state index contributed by atoms with van der Waals surface area (Å²) in [6.45, 7) is 12.6. The molecule has 0 bridgehead atoms. The standard InChI is InChI=1S/C30H40F3N7O5S2Si/c1-28(2,3)45-27(41)38-11-7-20(8-12-38)22-15-21(17-39-23(22)16-35-24(39)25-36-37-26(46-25)30(31,32)33)47(42,43)40(29(18-34)9-10-29)19-44-13-14-48(4,5)6/h15-17,20H,7-14,19H2,1-6H3. The maximum absolute atomic E-state index is 14.5. The Morgan fingerprint density at radius 2 is 1.85 bits per heavy atom. The number of imidazole rings is 1. The van der Waals surface area contributed by atoms with Crippen LogP contribution in [0.4, 0.5) is 18.0 Å². The molecule has 0 atom stereocenters. The van der Waals surface area contributed by atoms with Crippen molar-refractivity contribution in [1.29, 1.82) is 5.26 Å². The van der Waals surface area contributed by atoms with Gasteiger partial charge in [0.05, 0.1) is 22.7 Å². The highest BCUT2D eigenvalue weighted by Gasteiger charge is 2.54. The molecule has 18 heteroatoms. The summed E-state index contributed by atoms with van der Waals surface area (Å²) in [6.07, 6.45) is -0.727. The Hall–Kier alpha value is -3.11. The van der Waals surface area contributed by atoms with E-state index in [2.05, 4.69) is 40.9 Å². The van der Waals surface area contributed by atoms with E-state index in [1.54, 1.807) is 31.7 Å². The van der Waals surface area contributed by atoms with E-state index < -0.39 is 46.5 Å². The van der Waals surface area contributed by atoms with Crippen LogP contribution in [-0.2, 0) is 25.7 Å². The second-order valence-electron chi connectivity index (χ2n) is 14.5. The average Bonchev–Trinajstić information content (AvgIpc) is 3.38. The number of alkyl halides is 3. The zero-order valence-corrected chi connectivity index (χ0v) is 30.4. The molecule has 1 aliphatic heterocycles. The van der Waals surface area contributed by atoms with E-state index in [9.17, 15) is 31.6 Å². The van der Waals surface area contributed by atoms with Crippen LogP contribution in [0, 0.1) is 11.3 Å². The number of carbonyl (C=O) groups excluding carboxylic acids is 1. The van der Waals surface area contributed by atoms with Gasteiger partial charge < -0.3 is 14.4 Å². The second kappa shape index (κ2) is 13.0. The van der Waals surface area contributed by atoms with Crippen molar-refractivity contribution in [2.24, 2.45) is 0 Å². The zero-order chi connectivity index (χ0) is 35.3. The zero-order valence-electron chi connectivity index (χ0n) is 27.8. The Kier molecular flexibility index (Phi) is 9.78. The lowest BCUT2D eigenvalue weighted by Gasteiger charge is -2.34. The number of halogens is 3. The minimum absolute atomic E-state index is 0.00171. The molecule has 2 aliphatic rings. The van der Waals surface area contributed by atoms with Crippen molar-refractivity contribution in [2.75, 3.05) is 26.4 Å².